The zero-order chi connectivity index (χ0) is 13.2. The minimum Gasteiger partial charge on any atom is -0.359 e. The van der Waals surface area contributed by atoms with Crippen molar-refractivity contribution in [3.63, 3.8) is 0 Å². The molecule has 4 heteroatoms. The van der Waals surface area contributed by atoms with Crippen molar-refractivity contribution in [2.45, 2.75) is 32.4 Å². The van der Waals surface area contributed by atoms with E-state index in [1.165, 1.54) is 6.07 Å². The van der Waals surface area contributed by atoms with Crippen LogP contribution in [-0.2, 0) is 6.54 Å². The summed E-state index contributed by atoms with van der Waals surface area (Å²) >= 11 is 0. The Balaban J connectivity index is 1.79. The number of rotatable bonds is 3. The molecule has 0 spiro atoms. The molecule has 1 unspecified atom stereocenters. The maximum Gasteiger partial charge on any atom is 0.154 e. The lowest BCUT2D eigenvalue weighted by atomic mass is 10.1. The summed E-state index contributed by atoms with van der Waals surface area (Å²) in [7, 11) is 0. The number of nitrogens with zero attached hydrogens (tertiary/aromatic N) is 2. The summed E-state index contributed by atoms with van der Waals surface area (Å²) in [4.78, 5) is 2.26. The number of aryl methyl sites for hydroxylation is 1. The second-order valence-corrected chi connectivity index (χ2v) is 5.09. The molecule has 100 valence electrons. The SMILES string of the molecule is Cc1cc(C2CCCN2Cc2ccccc2F)on1. The highest BCUT2D eigenvalue weighted by Gasteiger charge is 2.29. The molecule has 19 heavy (non-hydrogen) atoms. The molecule has 1 aliphatic heterocycles. The third kappa shape index (κ3) is 2.54. The van der Waals surface area contributed by atoms with E-state index in [4.69, 9.17) is 4.52 Å². The van der Waals surface area contributed by atoms with E-state index >= 15 is 0 Å². The molecule has 0 saturated carbocycles. The average Bonchev–Trinajstić information content (AvgIpc) is 3.01. The summed E-state index contributed by atoms with van der Waals surface area (Å²) in [5, 5.41) is 3.94. The highest BCUT2D eigenvalue weighted by Crippen LogP contribution is 2.33. The van der Waals surface area contributed by atoms with Gasteiger partial charge in [-0.05, 0) is 32.4 Å². The van der Waals surface area contributed by atoms with E-state index in [1.807, 2.05) is 25.1 Å². The zero-order valence-electron chi connectivity index (χ0n) is 11.0. The fourth-order valence-electron chi connectivity index (χ4n) is 2.72. The van der Waals surface area contributed by atoms with Crippen molar-refractivity contribution in [1.82, 2.24) is 10.1 Å². The maximum atomic E-state index is 13.7. The fourth-order valence-corrected chi connectivity index (χ4v) is 2.72. The maximum absolute atomic E-state index is 13.7. The largest absolute Gasteiger partial charge is 0.359 e. The molecule has 0 N–H and O–H groups in total. The van der Waals surface area contributed by atoms with Gasteiger partial charge in [0.25, 0.3) is 0 Å². The van der Waals surface area contributed by atoms with Crippen LogP contribution in [0.5, 0.6) is 0 Å². The number of likely N-dealkylation sites (tertiary alicyclic amines) is 1. The van der Waals surface area contributed by atoms with Gasteiger partial charge in [0.15, 0.2) is 5.76 Å². The van der Waals surface area contributed by atoms with Crippen LogP contribution in [0.1, 0.15) is 35.9 Å². The van der Waals surface area contributed by atoms with Crippen LogP contribution >= 0.6 is 0 Å². The topological polar surface area (TPSA) is 29.3 Å². The molecule has 1 aliphatic rings. The highest BCUT2D eigenvalue weighted by atomic mass is 19.1. The summed E-state index contributed by atoms with van der Waals surface area (Å²) in [5.74, 6) is 0.758. The van der Waals surface area contributed by atoms with Crippen molar-refractivity contribution in [3.8, 4) is 0 Å². The van der Waals surface area contributed by atoms with Gasteiger partial charge in [0, 0.05) is 18.2 Å². The van der Waals surface area contributed by atoms with Gasteiger partial charge in [-0.25, -0.2) is 4.39 Å². The zero-order valence-corrected chi connectivity index (χ0v) is 11.0. The second-order valence-electron chi connectivity index (χ2n) is 5.09. The summed E-state index contributed by atoms with van der Waals surface area (Å²) in [6, 6.07) is 9.16. The standard InChI is InChI=1S/C15H17FN2O/c1-11-9-15(19-17-11)14-7-4-8-18(14)10-12-5-2-3-6-13(12)16/h2-3,5-6,9,14H,4,7-8,10H2,1H3. The van der Waals surface area contributed by atoms with Crippen molar-refractivity contribution in [2.24, 2.45) is 0 Å². The van der Waals surface area contributed by atoms with Crippen LogP contribution in [0.15, 0.2) is 34.9 Å². The van der Waals surface area contributed by atoms with E-state index in [2.05, 4.69) is 10.1 Å². The first-order valence-corrected chi connectivity index (χ1v) is 6.65. The number of hydrogen-bond acceptors (Lipinski definition) is 3. The molecule has 1 fully saturated rings. The van der Waals surface area contributed by atoms with Crippen LogP contribution in [0.2, 0.25) is 0 Å². The lowest BCUT2D eigenvalue weighted by Gasteiger charge is -2.22. The van der Waals surface area contributed by atoms with Gasteiger partial charge in [0.2, 0.25) is 0 Å². The van der Waals surface area contributed by atoms with Gasteiger partial charge in [0.05, 0.1) is 11.7 Å². The molecule has 0 bridgehead atoms. The molecular weight excluding hydrogens is 243 g/mol. The van der Waals surface area contributed by atoms with Crippen molar-refractivity contribution in [3.05, 3.63) is 53.2 Å². The van der Waals surface area contributed by atoms with Gasteiger partial charge in [-0.3, -0.25) is 4.90 Å². The average molecular weight is 260 g/mol. The monoisotopic (exact) mass is 260 g/mol. The van der Waals surface area contributed by atoms with E-state index in [-0.39, 0.29) is 11.9 Å². The first-order chi connectivity index (χ1) is 9.24. The third-order valence-electron chi connectivity index (χ3n) is 3.67. The molecule has 0 amide bonds. The molecule has 1 aromatic carbocycles. The summed E-state index contributed by atoms with van der Waals surface area (Å²) in [6.07, 6.45) is 2.15. The quantitative estimate of drug-likeness (QED) is 0.846. The van der Waals surface area contributed by atoms with E-state index in [9.17, 15) is 4.39 Å². The molecule has 3 nitrogen and oxygen atoms in total. The van der Waals surface area contributed by atoms with Crippen molar-refractivity contribution < 1.29 is 8.91 Å². The molecule has 2 aromatic rings. The first kappa shape index (κ1) is 12.4. The van der Waals surface area contributed by atoms with Gasteiger partial charge in [-0.15, -0.1) is 0 Å². The molecule has 1 atom stereocenters. The van der Waals surface area contributed by atoms with Gasteiger partial charge >= 0.3 is 0 Å². The number of halogens is 1. The Morgan fingerprint density at radius 3 is 3.00 bits per heavy atom. The van der Waals surface area contributed by atoms with E-state index in [0.29, 0.717) is 6.54 Å². The van der Waals surface area contributed by atoms with E-state index in [0.717, 1.165) is 36.4 Å². The van der Waals surface area contributed by atoms with Crippen LogP contribution < -0.4 is 0 Å². The number of hydrogen-bond donors (Lipinski definition) is 0. The minimum atomic E-state index is -0.137. The van der Waals surface area contributed by atoms with E-state index in [1.54, 1.807) is 6.07 Å². The predicted molar refractivity (Wildman–Crippen MR) is 70.0 cm³/mol. The van der Waals surface area contributed by atoms with Gasteiger partial charge in [-0.2, -0.15) is 0 Å². The third-order valence-corrected chi connectivity index (χ3v) is 3.67. The molecule has 0 radical (unpaired) electrons. The summed E-state index contributed by atoms with van der Waals surface area (Å²) in [5.41, 5.74) is 1.64. The molecule has 3 rings (SSSR count). The Kier molecular flexibility index (Phi) is 3.34. The Morgan fingerprint density at radius 2 is 2.26 bits per heavy atom. The van der Waals surface area contributed by atoms with Crippen LogP contribution in [0.3, 0.4) is 0 Å². The number of benzene rings is 1. The molecule has 2 heterocycles. The number of aromatic nitrogens is 1. The molecule has 1 saturated heterocycles. The first-order valence-electron chi connectivity index (χ1n) is 6.65. The van der Waals surface area contributed by atoms with Crippen LogP contribution in [0, 0.1) is 12.7 Å². The van der Waals surface area contributed by atoms with E-state index < -0.39 is 0 Å². The normalized spacial score (nSPS) is 20.0. The fraction of sp³-hybridized carbons (Fsp3) is 0.400. The smallest absolute Gasteiger partial charge is 0.154 e. The van der Waals surface area contributed by atoms with Crippen molar-refractivity contribution >= 4 is 0 Å². The van der Waals surface area contributed by atoms with Crippen LogP contribution in [-0.4, -0.2) is 16.6 Å². The Labute approximate surface area is 112 Å². The Hall–Kier alpha value is -1.68. The second kappa shape index (κ2) is 5.13. The Morgan fingerprint density at radius 1 is 1.42 bits per heavy atom. The van der Waals surface area contributed by atoms with Crippen LogP contribution in [0.4, 0.5) is 4.39 Å². The molecular formula is C15H17FN2O. The summed E-state index contributed by atoms with van der Waals surface area (Å²) in [6.45, 7) is 3.51. The lowest BCUT2D eigenvalue weighted by Crippen LogP contribution is -2.23. The summed E-state index contributed by atoms with van der Waals surface area (Å²) < 4.78 is 19.1. The van der Waals surface area contributed by atoms with Crippen molar-refractivity contribution in [2.75, 3.05) is 6.54 Å². The Bertz CT molecular complexity index is 567. The lowest BCUT2D eigenvalue weighted by molar-refractivity contribution is 0.204. The minimum absolute atomic E-state index is 0.137. The van der Waals surface area contributed by atoms with Crippen LogP contribution in [0.25, 0.3) is 0 Å². The van der Waals surface area contributed by atoms with Gasteiger partial charge in [0.1, 0.15) is 5.82 Å². The van der Waals surface area contributed by atoms with Gasteiger partial charge < -0.3 is 4.52 Å². The predicted octanol–water partition coefficient (Wildman–Crippen LogP) is 3.46. The highest BCUT2D eigenvalue weighted by molar-refractivity contribution is 5.18. The van der Waals surface area contributed by atoms with Crippen molar-refractivity contribution in [1.29, 1.82) is 0 Å². The molecule has 0 aliphatic carbocycles. The molecule has 1 aromatic heterocycles. The van der Waals surface area contributed by atoms with Gasteiger partial charge in [-0.1, -0.05) is 23.4 Å².